The third-order valence-corrected chi connectivity index (χ3v) is 4.52. The van der Waals surface area contributed by atoms with Gasteiger partial charge < -0.3 is 19.3 Å². The van der Waals surface area contributed by atoms with Crippen LogP contribution in [0.1, 0.15) is 52.0 Å². The normalized spacial score (nSPS) is 21.2. The second-order valence-corrected chi connectivity index (χ2v) is 7.88. The number of rotatable bonds is 3. The molecule has 0 radical (unpaired) electrons. The van der Waals surface area contributed by atoms with Crippen LogP contribution in [-0.4, -0.2) is 59.3 Å². The van der Waals surface area contributed by atoms with Crippen molar-refractivity contribution in [3.8, 4) is 5.88 Å². The third kappa shape index (κ3) is 4.14. The van der Waals surface area contributed by atoms with E-state index in [1.54, 1.807) is 12.0 Å². The molecule has 0 N–H and O–H groups in total. The first-order chi connectivity index (χ1) is 11.8. The minimum atomic E-state index is -0.483. The van der Waals surface area contributed by atoms with Gasteiger partial charge in [0.25, 0.3) is 0 Å². The van der Waals surface area contributed by atoms with E-state index in [0.29, 0.717) is 37.4 Å². The van der Waals surface area contributed by atoms with Crippen molar-refractivity contribution >= 4 is 12.0 Å². The molecule has 1 unspecified atom stereocenters. The van der Waals surface area contributed by atoms with Gasteiger partial charge in [-0.2, -0.15) is 4.98 Å². The Morgan fingerprint density at radius 2 is 2.00 bits per heavy atom. The van der Waals surface area contributed by atoms with E-state index in [4.69, 9.17) is 9.47 Å². The number of aromatic nitrogens is 2. The number of nitrogens with zero attached hydrogens (tertiary/aromatic N) is 4. The highest BCUT2D eigenvalue weighted by molar-refractivity contribution is 5.69. The molecule has 1 aromatic rings. The van der Waals surface area contributed by atoms with Crippen molar-refractivity contribution in [2.75, 3.05) is 31.6 Å². The van der Waals surface area contributed by atoms with Crippen LogP contribution >= 0.6 is 0 Å². The average molecular weight is 348 g/mol. The summed E-state index contributed by atoms with van der Waals surface area (Å²) in [5, 5.41) is 0. The molecule has 1 aliphatic carbocycles. The number of anilines is 1. The van der Waals surface area contributed by atoms with Crippen LogP contribution in [0.3, 0.4) is 0 Å². The van der Waals surface area contributed by atoms with Crippen molar-refractivity contribution in [3.63, 3.8) is 0 Å². The van der Waals surface area contributed by atoms with Crippen LogP contribution in [0.5, 0.6) is 5.88 Å². The van der Waals surface area contributed by atoms with Gasteiger partial charge in [-0.3, -0.25) is 0 Å². The van der Waals surface area contributed by atoms with E-state index < -0.39 is 5.60 Å². The summed E-state index contributed by atoms with van der Waals surface area (Å²) in [7, 11) is 1.65. The summed E-state index contributed by atoms with van der Waals surface area (Å²) in [5.74, 6) is 1.89. The first-order valence-corrected chi connectivity index (χ1v) is 8.94. The molecule has 2 aliphatic rings. The second kappa shape index (κ2) is 6.69. The average Bonchev–Trinajstić information content (AvgIpc) is 3.37. The number of piperazine rings is 1. The van der Waals surface area contributed by atoms with Gasteiger partial charge in [-0.15, -0.1) is 0 Å². The van der Waals surface area contributed by atoms with E-state index >= 15 is 0 Å². The predicted octanol–water partition coefficient (Wildman–Crippen LogP) is 2.81. The first-order valence-electron chi connectivity index (χ1n) is 8.94. The number of amides is 1. The summed E-state index contributed by atoms with van der Waals surface area (Å²) in [6.07, 6.45) is 4.00. The fourth-order valence-electron chi connectivity index (χ4n) is 3.09. The molecule has 7 heteroatoms. The van der Waals surface area contributed by atoms with Crippen molar-refractivity contribution in [2.45, 2.75) is 58.1 Å². The molecule has 0 spiro atoms. The standard InChI is InChI=1S/C18H28N4O3/c1-12-11-21(8-9-22(12)17(23)25-18(2,3)4)16-19-10-14(13-6-7-13)15(20-16)24-5/h10,12-13H,6-9,11H2,1-5H3. The van der Waals surface area contributed by atoms with Crippen LogP contribution in [0.25, 0.3) is 0 Å². The van der Waals surface area contributed by atoms with Gasteiger partial charge in [-0.1, -0.05) is 0 Å². The molecule has 1 saturated heterocycles. The first kappa shape index (κ1) is 17.8. The zero-order valence-electron chi connectivity index (χ0n) is 15.8. The Morgan fingerprint density at radius 3 is 2.56 bits per heavy atom. The highest BCUT2D eigenvalue weighted by Crippen LogP contribution is 2.43. The van der Waals surface area contributed by atoms with Gasteiger partial charge in [0, 0.05) is 37.4 Å². The van der Waals surface area contributed by atoms with Crippen LogP contribution in [-0.2, 0) is 4.74 Å². The summed E-state index contributed by atoms with van der Waals surface area (Å²) in [5.41, 5.74) is 0.620. The van der Waals surface area contributed by atoms with Crippen LogP contribution in [0.15, 0.2) is 6.20 Å². The van der Waals surface area contributed by atoms with Crippen molar-refractivity contribution in [3.05, 3.63) is 11.8 Å². The molecule has 1 aliphatic heterocycles. The second-order valence-electron chi connectivity index (χ2n) is 7.88. The lowest BCUT2D eigenvalue weighted by Gasteiger charge is -2.40. The highest BCUT2D eigenvalue weighted by Gasteiger charge is 2.33. The Kier molecular flexibility index (Phi) is 4.75. The molecular weight excluding hydrogens is 320 g/mol. The summed E-state index contributed by atoms with van der Waals surface area (Å²) < 4.78 is 10.9. The van der Waals surface area contributed by atoms with Crippen LogP contribution in [0.4, 0.5) is 10.7 Å². The van der Waals surface area contributed by atoms with Crippen molar-refractivity contribution < 1.29 is 14.3 Å². The van der Waals surface area contributed by atoms with Crippen molar-refractivity contribution in [2.24, 2.45) is 0 Å². The third-order valence-electron chi connectivity index (χ3n) is 4.52. The molecule has 1 amide bonds. The highest BCUT2D eigenvalue weighted by atomic mass is 16.6. The number of hydrogen-bond donors (Lipinski definition) is 0. The van der Waals surface area contributed by atoms with E-state index in [9.17, 15) is 4.79 Å². The van der Waals surface area contributed by atoms with E-state index in [2.05, 4.69) is 14.9 Å². The number of hydrogen-bond acceptors (Lipinski definition) is 6. The zero-order valence-corrected chi connectivity index (χ0v) is 15.8. The van der Waals surface area contributed by atoms with Crippen molar-refractivity contribution in [1.29, 1.82) is 0 Å². The van der Waals surface area contributed by atoms with E-state index in [1.165, 1.54) is 12.8 Å². The quantitative estimate of drug-likeness (QED) is 0.837. The zero-order chi connectivity index (χ0) is 18.2. The molecule has 2 fully saturated rings. The Labute approximate surface area is 149 Å². The smallest absolute Gasteiger partial charge is 0.410 e. The van der Waals surface area contributed by atoms with E-state index in [-0.39, 0.29) is 12.1 Å². The summed E-state index contributed by atoms with van der Waals surface area (Å²) in [4.78, 5) is 25.3. The molecule has 1 aromatic heterocycles. The minimum absolute atomic E-state index is 0.0290. The molecule has 138 valence electrons. The Bertz CT molecular complexity index is 640. The van der Waals surface area contributed by atoms with E-state index in [0.717, 1.165) is 5.56 Å². The molecule has 25 heavy (non-hydrogen) atoms. The molecule has 7 nitrogen and oxygen atoms in total. The largest absolute Gasteiger partial charge is 0.481 e. The van der Waals surface area contributed by atoms with Gasteiger partial charge in [0.2, 0.25) is 11.8 Å². The van der Waals surface area contributed by atoms with Gasteiger partial charge in [0.1, 0.15) is 5.60 Å². The van der Waals surface area contributed by atoms with Crippen LogP contribution < -0.4 is 9.64 Å². The summed E-state index contributed by atoms with van der Waals surface area (Å²) >= 11 is 0. The lowest BCUT2D eigenvalue weighted by molar-refractivity contribution is 0.0158. The maximum atomic E-state index is 12.3. The minimum Gasteiger partial charge on any atom is -0.481 e. The summed E-state index contributed by atoms with van der Waals surface area (Å²) in [6.45, 7) is 9.60. The molecular formula is C18H28N4O3. The molecule has 0 bridgehead atoms. The molecule has 0 aromatic carbocycles. The van der Waals surface area contributed by atoms with E-state index in [1.807, 2.05) is 33.9 Å². The Morgan fingerprint density at radius 1 is 1.28 bits per heavy atom. The Balaban J connectivity index is 1.67. The summed E-state index contributed by atoms with van der Waals surface area (Å²) in [6, 6.07) is 0.0290. The van der Waals surface area contributed by atoms with Gasteiger partial charge in [-0.25, -0.2) is 9.78 Å². The fourth-order valence-corrected chi connectivity index (χ4v) is 3.09. The van der Waals surface area contributed by atoms with Gasteiger partial charge >= 0.3 is 6.09 Å². The van der Waals surface area contributed by atoms with Crippen molar-refractivity contribution in [1.82, 2.24) is 14.9 Å². The van der Waals surface area contributed by atoms with Gasteiger partial charge in [0.15, 0.2) is 0 Å². The maximum absolute atomic E-state index is 12.3. The van der Waals surface area contributed by atoms with Crippen LogP contribution in [0, 0.1) is 0 Å². The van der Waals surface area contributed by atoms with Crippen LogP contribution in [0.2, 0.25) is 0 Å². The number of ether oxygens (including phenoxy) is 2. The fraction of sp³-hybridized carbons (Fsp3) is 0.722. The number of methoxy groups -OCH3 is 1. The lowest BCUT2D eigenvalue weighted by Crippen LogP contribution is -2.55. The lowest BCUT2D eigenvalue weighted by atomic mass is 10.2. The maximum Gasteiger partial charge on any atom is 0.410 e. The topological polar surface area (TPSA) is 67.8 Å². The molecule has 3 rings (SSSR count). The molecule has 2 heterocycles. The number of carbonyl (C=O) groups excluding carboxylic acids is 1. The molecule has 1 saturated carbocycles. The number of carbonyl (C=O) groups is 1. The SMILES string of the molecule is COc1nc(N2CCN(C(=O)OC(C)(C)C)C(C)C2)ncc1C1CC1. The Hall–Kier alpha value is -2.05. The molecule has 1 atom stereocenters. The monoisotopic (exact) mass is 348 g/mol. The van der Waals surface area contributed by atoms with Gasteiger partial charge in [-0.05, 0) is 46.5 Å². The predicted molar refractivity (Wildman–Crippen MR) is 95.2 cm³/mol. The van der Waals surface area contributed by atoms with Gasteiger partial charge in [0.05, 0.1) is 7.11 Å².